The van der Waals surface area contributed by atoms with Crippen LogP contribution in [0.15, 0.2) is 17.1 Å². The van der Waals surface area contributed by atoms with Gasteiger partial charge in [-0.1, -0.05) is 22.6 Å². The highest BCUT2D eigenvalue weighted by Crippen LogP contribution is 2.01. The van der Waals surface area contributed by atoms with Gasteiger partial charge in [-0.05, 0) is 6.92 Å². The second kappa shape index (κ2) is 6.53. The quantitative estimate of drug-likeness (QED) is 0.460. The van der Waals surface area contributed by atoms with Crippen molar-refractivity contribution in [1.82, 2.24) is 10.3 Å². The number of ether oxygens (including phenoxy) is 1. The number of H-pyrrole nitrogens is 1. The van der Waals surface area contributed by atoms with Crippen LogP contribution in [0.25, 0.3) is 0 Å². The number of aromatic nitrogens is 1. The lowest BCUT2D eigenvalue weighted by atomic mass is 10.2. The van der Waals surface area contributed by atoms with Crippen LogP contribution in [-0.4, -0.2) is 34.4 Å². The Morgan fingerprint density at radius 1 is 1.56 bits per heavy atom. The van der Waals surface area contributed by atoms with Crippen LogP contribution in [0.4, 0.5) is 0 Å². The highest BCUT2D eigenvalue weighted by Gasteiger charge is 2.17. The van der Waals surface area contributed by atoms with E-state index in [1.54, 1.807) is 6.92 Å². The number of hydrogen-bond acceptors (Lipinski definition) is 4. The monoisotopic (exact) mass is 364 g/mol. The van der Waals surface area contributed by atoms with Crippen molar-refractivity contribution in [3.05, 3.63) is 33.7 Å². The molecule has 0 saturated carbocycles. The van der Waals surface area contributed by atoms with E-state index < -0.39 is 15.8 Å². The zero-order valence-electron chi connectivity index (χ0n) is 9.95. The topological polar surface area (TPSA) is 88.3 Å². The van der Waals surface area contributed by atoms with Crippen LogP contribution in [0.2, 0.25) is 0 Å². The molecule has 18 heavy (non-hydrogen) atoms. The van der Waals surface area contributed by atoms with Gasteiger partial charge in [0.05, 0.1) is 7.11 Å². The average molecular weight is 364 g/mol. The normalized spacial score (nSPS) is 11.7. The van der Waals surface area contributed by atoms with Crippen LogP contribution in [0.1, 0.15) is 16.1 Å². The molecular weight excluding hydrogens is 351 g/mol. The van der Waals surface area contributed by atoms with Gasteiger partial charge in [0, 0.05) is 24.5 Å². The van der Waals surface area contributed by atoms with Crippen LogP contribution < -0.4 is 10.7 Å². The first-order valence-electron chi connectivity index (χ1n) is 5.15. The summed E-state index contributed by atoms with van der Waals surface area (Å²) in [5.74, 6) is -0.935. The fourth-order valence-electron chi connectivity index (χ4n) is 1.24. The SMILES string of the molecule is COC(=O)C(I)CNC(=O)c1c[nH]c(C)cc1=O. The molecule has 0 bridgehead atoms. The van der Waals surface area contributed by atoms with Crippen molar-refractivity contribution in [3.8, 4) is 0 Å². The number of aryl methyl sites for hydroxylation is 1. The molecule has 6 nitrogen and oxygen atoms in total. The van der Waals surface area contributed by atoms with E-state index in [4.69, 9.17) is 0 Å². The van der Waals surface area contributed by atoms with E-state index in [0.717, 1.165) is 0 Å². The summed E-state index contributed by atoms with van der Waals surface area (Å²) in [5.41, 5.74) is 0.346. The first kappa shape index (κ1) is 14.7. The number of pyridine rings is 1. The van der Waals surface area contributed by atoms with E-state index >= 15 is 0 Å². The van der Waals surface area contributed by atoms with Gasteiger partial charge in [-0.25, -0.2) is 0 Å². The number of hydrogen-bond donors (Lipinski definition) is 2. The maximum absolute atomic E-state index is 11.7. The first-order valence-corrected chi connectivity index (χ1v) is 6.39. The number of carbonyl (C=O) groups is 2. The van der Waals surface area contributed by atoms with Gasteiger partial charge in [-0.15, -0.1) is 0 Å². The molecule has 98 valence electrons. The van der Waals surface area contributed by atoms with E-state index in [1.807, 2.05) is 22.6 Å². The highest BCUT2D eigenvalue weighted by atomic mass is 127. The average Bonchev–Trinajstić information content (AvgIpc) is 2.34. The second-order valence-corrected chi connectivity index (χ2v) is 5.10. The fourth-order valence-corrected chi connectivity index (χ4v) is 1.71. The first-order chi connectivity index (χ1) is 8.45. The van der Waals surface area contributed by atoms with Gasteiger partial charge in [0.2, 0.25) is 0 Å². The lowest BCUT2D eigenvalue weighted by Crippen LogP contribution is -2.36. The maximum Gasteiger partial charge on any atom is 0.320 e. The summed E-state index contributed by atoms with van der Waals surface area (Å²) < 4.78 is 4.04. The zero-order chi connectivity index (χ0) is 13.7. The number of esters is 1. The van der Waals surface area contributed by atoms with Crippen molar-refractivity contribution in [2.45, 2.75) is 10.8 Å². The second-order valence-electron chi connectivity index (χ2n) is 3.59. The van der Waals surface area contributed by atoms with E-state index in [1.165, 1.54) is 19.4 Å². The van der Waals surface area contributed by atoms with Crippen molar-refractivity contribution in [2.24, 2.45) is 0 Å². The zero-order valence-corrected chi connectivity index (χ0v) is 12.1. The molecule has 0 saturated heterocycles. The van der Waals surface area contributed by atoms with E-state index in [2.05, 4.69) is 15.0 Å². The molecular formula is C11H13IN2O4. The molecule has 2 N–H and O–H groups in total. The molecule has 0 aromatic carbocycles. The smallest absolute Gasteiger partial charge is 0.320 e. The number of alkyl halides is 1. The van der Waals surface area contributed by atoms with Gasteiger partial charge in [-0.2, -0.15) is 0 Å². The van der Waals surface area contributed by atoms with Gasteiger partial charge in [0.1, 0.15) is 9.49 Å². The molecule has 0 aliphatic carbocycles. The molecule has 0 spiro atoms. The predicted octanol–water partition coefficient (Wildman–Crippen LogP) is 0.390. The van der Waals surface area contributed by atoms with Crippen LogP contribution in [-0.2, 0) is 9.53 Å². The van der Waals surface area contributed by atoms with Crippen molar-refractivity contribution in [3.63, 3.8) is 0 Å². The Kier molecular flexibility index (Phi) is 5.32. The number of nitrogens with one attached hydrogen (secondary N) is 2. The van der Waals surface area contributed by atoms with Gasteiger partial charge < -0.3 is 15.0 Å². The molecule has 1 aromatic heterocycles. The summed E-state index contributed by atoms with van der Waals surface area (Å²) in [5, 5.41) is 2.51. The lowest BCUT2D eigenvalue weighted by molar-refractivity contribution is -0.139. The Bertz CT molecular complexity index is 512. The number of carbonyl (C=O) groups excluding carboxylic acids is 2. The third-order valence-electron chi connectivity index (χ3n) is 2.20. The summed E-state index contributed by atoms with van der Waals surface area (Å²) in [6, 6.07) is 1.34. The molecule has 1 atom stereocenters. The Hall–Kier alpha value is -1.38. The van der Waals surface area contributed by atoms with Gasteiger partial charge >= 0.3 is 5.97 Å². The van der Waals surface area contributed by atoms with Crippen molar-refractivity contribution in [1.29, 1.82) is 0 Å². The summed E-state index contributed by atoms with van der Waals surface area (Å²) >= 11 is 1.86. The number of halogens is 1. The molecule has 0 aliphatic rings. The minimum absolute atomic E-state index is 0.0223. The Labute approximate surface area is 117 Å². The van der Waals surface area contributed by atoms with Gasteiger partial charge in [0.15, 0.2) is 5.43 Å². The van der Waals surface area contributed by atoms with E-state index in [0.29, 0.717) is 5.69 Å². The largest absolute Gasteiger partial charge is 0.468 e. The standard InChI is InChI=1S/C11H13IN2O4/c1-6-3-9(15)7(4-13-6)10(16)14-5-8(12)11(17)18-2/h3-4,8H,5H2,1-2H3,(H,13,15)(H,14,16). The molecule has 1 aromatic rings. The summed E-state index contributed by atoms with van der Waals surface area (Å²) in [7, 11) is 1.28. The van der Waals surface area contributed by atoms with Crippen molar-refractivity contribution >= 4 is 34.5 Å². The molecule has 0 radical (unpaired) electrons. The molecule has 0 fully saturated rings. The number of rotatable bonds is 4. The molecule has 1 unspecified atom stereocenters. The molecule has 1 heterocycles. The minimum Gasteiger partial charge on any atom is -0.468 e. The third kappa shape index (κ3) is 3.83. The number of methoxy groups -OCH3 is 1. The van der Waals surface area contributed by atoms with E-state index in [9.17, 15) is 14.4 Å². The summed E-state index contributed by atoms with van der Waals surface area (Å²) in [6.45, 7) is 1.83. The van der Waals surface area contributed by atoms with Crippen LogP contribution in [0.3, 0.4) is 0 Å². The Balaban J connectivity index is 2.66. The van der Waals surface area contributed by atoms with Crippen molar-refractivity contribution in [2.75, 3.05) is 13.7 Å². The summed E-state index contributed by atoms with van der Waals surface area (Å²) in [4.78, 5) is 37.2. The predicted molar refractivity (Wildman–Crippen MR) is 74.0 cm³/mol. The molecule has 0 aliphatic heterocycles. The van der Waals surface area contributed by atoms with E-state index in [-0.39, 0.29) is 17.5 Å². The number of amides is 1. The van der Waals surface area contributed by atoms with Crippen LogP contribution in [0.5, 0.6) is 0 Å². The third-order valence-corrected chi connectivity index (χ3v) is 3.15. The molecule has 1 amide bonds. The minimum atomic E-state index is -0.512. The fraction of sp³-hybridized carbons (Fsp3) is 0.364. The van der Waals surface area contributed by atoms with Crippen LogP contribution >= 0.6 is 22.6 Å². The summed E-state index contributed by atoms with van der Waals surface area (Å²) in [6.07, 6.45) is 1.35. The van der Waals surface area contributed by atoms with Crippen molar-refractivity contribution < 1.29 is 14.3 Å². The highest BCUT2D eigenvalue weighted by molar-refractivity contribution is 14.1. The molecule has 1 rings (SSSR count). The van der Waals surface area contributed by atoms with Crippen LogP contribution in [0, 0.1) is 6.92 Å². The molecule has 7 heteroatoms. The van der Waals surface area contributed by atoms with Gasteiger partial charge in [-0.3, -0.25) is 14.4 Å². The Morgan fingerprint density at radius 3 is 2.78 bits per heavy atom. The van der Waals surface area contributed by atoms with Gasteiger partial charge in [0.25, 0.3) is 5.91 Å². The Morgan fingerprint density at radius 2 is 2.22 bits per heavy atom. The number of aromatic amines is 1. The maximum atomic E-state index is 11.7. The lowest BCUT2D eigenvalue weighted by Gasteiger charge is -2.09.